The molecule has 0 fully saturated rings. The molecule has 0 amide bonds. The zero-order valence-corrected chi connectivity index (χ0v) is 11.0. The topological polar surface area (TPSA) is 81.4 Å². The van der Waals surface area contributed by atoms with Crippen LogP contribution in [0.5, 0.6) is 0 Å². The molecule has 0 saturated heterocycles. The molecule has 0 aliphatic carbocycles. The lowest BCUT2D eigenvalue weighted by Gasteiger charge is -2.23. The summed E-state index contributed by atoms with van der Waals surface area (Å²) in [6, 6.07) is 0.757. The van der Waals surface area contributed by atoms with Crippen LogP contribution in [-0.2, 0) is 9.53 Å². The van der Waals surface area contributed by atoms with Crippen molar-refractivity contribution in [1.82, 2.24) is 9.78 Å². The Balaban J connectivity index is 2.88. The number of carbonyl (C=O) groups excluding carboxylic acids is 1. The first-order chi connectivity index (χ1) is 8.24. The quantitative estimate of drug-likeness (QED) is 0.829. The van der Waals surface area contributed by atoms with Gasteiger partial charge in [0, 0.05) is 6.20 Å². The number of carbonyl (C=O) groups is 2. The molecule has 0 aliphatic rings. The van der Waals surface area contributed by atoms with Gasteiger partial charge < -0.3 is 9.84 Å². The third-order valence-corrected chi connectivity index (χ3v) is 2.21. The minimum Gasteiger partial charge on any atom is -0.476 e. The number of carboxylic acids is 1. The van der Waals surface area contributed by atoms with Crippen LogP contribution < -0.4 is 0 Å². The van der Waals surface area contributed by atoms with Gasteiger partial charge >= 0.3 is 11.9 Å². The molecular weight excluding hydrogens is 236 g/mol. The predicted octanol–water partition coefficient (Wildman–Crippen LogP) is 1.87. The molecular formula is C12H18N2O4. The fourth-order valence-corrected chi connectivity index (χ4v) is 1.46. The Morgan fingerprint density at radius 2 is 2.11 bits per heavy atom. The molecule has 100 valence electrons. The second kappa shape index (κ2) is 5.20. The van der Waals surface area contributed by atoms with Gasteiger partial charge in [0.05, 0.1) is 0 Å². The first kappa shape index (κ1) is 14.2. The highest BCUT2D eigenvalue weighted by atomic mass is 16.6. The molecule has 0 radical (unpaired) electrons. The molecule has 1 atom stereocenters. The summed E-state index contributed by atoms with van der Waals surface area (Å²) in [5.74, 6) is -1.53. The first-order valence-electron chi connectivity index (χ1n) is 5.76. The monoisotopic (exact) mass is 254 g/mol. The van der Waals surface area contributed by atoms with Crippen molar-refractivity contribution in [1.29, 1.82) is 0 Å². The van der Waals surface area contributed by atoms with E-state index in [0.717, 1.165) is 0 Å². The Bertz CT molecular complexity index is 445. The van der Waals surface area contributed by atoms with E-state index in [2.05, 4.69) is 5.10 Å². The van der Waals surface area contributed by atoms with Gasteiger partial charge in [-0.3, -0.25) is 4.68 Å². The minimum absolute atomic E-state index is 0.0861. The number of hydrogen-bond donors (Lipinski definition) is 1. The number of ether oxygens (including phenoxy) is 1. The summed E-state index contributed by atoms with van der Waals surface area (Å²) in [6.07, 6.45) is 1.96. The van der Waals surface area contributed by atoms with E-state index in [-0.39, 0.29) is 5.69 Å². The molecule has 18 heavy (non-hydrogen) atoms. The highest BCUT2D eigenvalue weighted by molar-refractivity contribution is 5.85. The number of nitrogens with zero attached hydrogens (tertiary/aromatic N) is 2. The molecule has 0 bridgehead atoms. The van der Waals surface area contributed by atoms with Crippen LogP contribution in [0.4, 0.5) is 0 Å². The lowest BCUT2D eigenvalue weighted by molar-refractivity contribution is -0.159. The fourth-order valence-electron chi connectivity index (χ4n) is 1.46. The second-order valence-corrected chi connectivity index (χ2v) is 4.94. The van der Waals surface area contributed by atoms with E-state index in [1.54, 1.807) is 20.8 Å². The Kier molecular flexibility index (Phi) is 4.11. The Labute approximate surface area is 106 Å². The van der Waals surface area contributed by atoms with Gasteiger partial charge in [-0.15, -0.1) is 0 Å². The van der Waals surface area contributed by atoms with E-state index >= 15 is 0 Å². The van der Waals surface area contributed by atoms with Gasteiger partial charge in [-0.25, -0.2) is 9.59 Å². The van der Waals surface area contributed by atoms with Gasteiger partial charge in [-0.2, -0.15) is 5.10 Å². The van der Waals surface area contributed by atoms with Crippen LogP contribution in [0, 0.1) is 0 Å². The van der Waals surface area contributed by atoms with Crippen molar-refractivity contribution in [2.75, 3.05) is 0 Å². The number of hydrogen-bond acceptors (Lipinski definition) is 4. The second-order valence-electron chi connectivity index (χ2n) is 4.94. The van der Waals surface area contributed by atoms with E-state index < -0.39 is 23.6 Å². The number of aromatic carboxylic acids is 1. The lowest BCUT2D eigenvalue weighted by atomic mass is 10.1. The van der Waals surface area contributed by atoms with E-state index in [1.807, 2.05) is 6.92 Å². The summed E-state index contributed by atoms with van der Waals surface area (Å²) in [5, 5.41) is 12.6. The van der Waals surface area contributed by atoms with Crippen LogP contribution in [0.25, 0.3) is 0 Å². The van der Waals surface area contributed by atoms with E-state index in [4.69, 9.17) is 9.84 Å². The highest BCUT2D eigenvalue weighted by Gasteiger charge is 2.26. The fraction of sp³-hybridized carbons (Fsp3) is 0.583. The van der Waals surface area contributed by atoms with Crippen molar-refractivity contribution in [2.45, 2.75) is 45.8 Å². The zero-order valence-electron chi connectivity index (χ0n) is 11.0. The number of aromatic nitrogens is 2. The van der Waals surface area contributed by atoms with Crippen LogP contribution >= 0.6 is 0 Å². The SMILES string of the molecule is CCC(C(=O)OC(C)(C)C)n1ccc(C(=O)O)n1. The molecule has 1 aromatic rings. The summed E-state index contributed by atoms with van der Waals surface area (Å²) in [7, 11) is 0. The van der Waals surface area contributed by atoms with Gasteiger partial charge in [0.25, 0.3) is 0 Å². The van der Waals surface area contributed by atoms with Crippen LogP contribution in [-0.4, -0.2) is 32.4 Å². The van der Waals surface area contributed by atoms with Crippen LogP contribution in [0.15, 0.2) is 12.3 Å². The summed E-state index contributed by atoms with van der Waals surface area (Å²) in [5.41, 5.74) is -0.662. The normalized spacial score (nSPS) is 13.1. The third kappa shape index (κ3) is 3.58. The van der Waals surface area contributed by atoms with Crippen LogP contribution in [0.1, 0.15) is 50.6 Å². The van der Waals surface area contributed by atoms with Gasteiger partial charge in [0.15, 0.2) is 5.69 Å². The molecule has 0 spiro atoms. The largest absolute Gasteiger partial charge is 0.476 e. The van der Waals surface area contributed by atoms with Crippen molar-refractivity contribution < 1.29 is 19.4 Å². The molecule has 1 N–H and O–H groups in total. The van der Waals surface area contributed by atoms with Crippen LogP contribution in [0.2, 0.25) is 0 Å². The maximum atomic E-state index is 11.9. The van der Waals surface area contributed by atoms with Crippen LogP contribution in [0.3, 0.4) is 0 Å². The maximum Gasteiger partial charge on any atom is 0.356 e. The van der Waals surface area contributed by atoms with Crippen molar-refractivity contribution in [3.63, 3.8) is 0 Å². The highest BCUT2D eigenvalue weighted by Crippen LogP contribution is 2.17. The molecule has 0 aliphatic heterocycles. The minimum atomic E-state index is -1.12. The molecule has 1 rings (SSSR count). The third-order valence-electron chi connectivity index (χ3n) is 2.21. The molecule has 0 aromatic carbocycles. The van der Waals surface area contributed by atoms with Crippen molar-refractivity contribution >= 4 is 11.9 Å². The summed E-state index contributed by atoms with van der Waals surface area (Å²) in [4.78, 5) is 22.7. The molecule has 6 nitrogen and oxygen atoms in total. The Hall–Kier alpha value is -1.85. The lowest BCUT2D eigenvalue weighted by Crippen LogP contribution is -2.30. The number of rotatable bonds is 4. The zero-order chi connectivity index (χ0) is 13.9. The van der Waals surface area contributed by atoms with E-state index in [1.165, 1.54) is 16.9 Å². The predicted molar refractivity (Wildman–Crippen MR) is 64.4 cm³/mol. The molecule has 0 saturated carbocycles. The van der Waals surface area contributed by atoms with Crippen molar-refractivity contribution in [3.8, 4) is 0 Å². The average Bonchev–Trinajstić information content (AvgIpc) is 2.65. The maximum absolute atomic E-state index is 11.9. The number of esters is 1. The average molecular weight is 254 g/mol. The molecule has 1 aromatic heterocycles. The Morgan fingerprint density at radius 1 is 1.50 bits per heavy atom. The van der Waals surface area contributed by atoms with Crippen molar-refractivity contribution in [2.24, 2.45) is 0 Å². The molecule has 6 heteroatoms. The summed E-state index contributed by atoms with van der Waals surface area (Å²) < 4.78 is 6.60. The van der Waals surface area contributed by atoms with E-state index in [9.17, 15) is 9.59 Å². The first-order valence-corrected chi connectivity index (χ1v) is 5.76. The van der Waals surface area contributed by atoms with Gasteiger partial charge in [-0.05, 0) is 33.3 Å². The molecule has 1 unspecified atom stereocenters. The van der Waals surface area contributed by atoms with E-state index in [0.29, 0.717) is 6.42 Å². The summed E-state index contributed by atoms with van der Waals surface area (Å²) in [6.45, 7) is 7.16. The number of carboxylic acid groups (broad SMARTS) is 1. The van der Waals surface area contributed by atoms with Gasteiger partial charge in [0.2, 0.25) is 0 Å². The Morgan fingerprint density at radius 3 is 2.50 bits per heavy atom. The summed E-state index contributed by atoms with van der Waals surface area (Å²) >= 11 is 0. The molecule has 1 heterocycles. The van der Waals surface area contributed by atoms with Gasteiger partial charge in [-0.1, -0.05) is 6.92 Å². The van der Waals surface area contributed by atoms with Crippen molar-refractivity contribution in [3.05, 3.63) is 18.0 Å². The standard InChI is InChI=1S/C12H18N2O4/c1-5-9(11(17)18-12(2,3)4)14-7-6-8(13-14)10(15)16/h6-7,9H,5H2,1-4H3,(H,15,16). The smallest absolute Gasteiger partial charge is 0.356 e. The van der Waals surface area contributed by atoms with Gasteiger partial charge in [0.1, 0.15) is 11.6 Å².